The van der Waals surface area contributed by atoms with Gasteiger partial charge >= 0.3 is 0 Å². The molecule has 0 radical (unpaired) electrons. The smallest absolute Gasteiger partial charge is 0.239 e. The molecule has 1 amide bonds. The molecule has 1 aliphatic heterocycles. The molecule has 0 aliphatic carbocycles. The third kappa shape index (κ3) is 3.46. The van der Waals surface area contributed by atoms with Crippen LogP contribution in [0.5, 0.6) is 0 Å². The zero-order chi connectivity index (χ0) is 12.1. The van der Waals surface area contributed by atoms with Gasteiger partial charge in [-0.15, -0.1) is 0 Å². The van der Waals surface area contributed by atoms with Crippen LogP contribution in [0.2, 0.25) is 0 Å². The summed E-state index contributed by atoms with van der Waals surface area (Å²) in [4.78, 5) is 13.8. The maximum atomic E-state index is 12.0. The lowest BCUT2D eigenvalue weighted by molar-refractivity contribution is -0.133. The molecule has 0 saturated carbocycles. The van der Waals surface area contributed by atoms with Crippen LogP contribution < -0.4 is 5.73 Å². The van der Waals surface area contributed by atoms with E-state index in [4.69, 9.17) is 10.5 Å². The van der Waals surface area contributed by atoms with Crippen LogP contribution in [0, 0.1) is 11.8 Å². The highest BCUT2D eigenvalue weighted by molar-refractivity contribution is 5.81. The summed E-state index contributed by atoms with van der Waals surface area (Å²) in [5, 5.41) is 0. The van der Waals surface area contributed by atoms with Gasteiger partial charge in [0.1, 0.15) is 0 Å². The summed E-state index contributed by atoms with van der Waals surface area (Å²) in [6.07, 6.45) is 1.99. The number of carbonyl (C=O) groups is 1. The van der Waals surface area contributed by atoms with E-state index in [1.54, 1.807) is 4.90 Å². The molecule has 0 aromatic heterocycles. The Morgan fingerprint density at radius 3 is 2.81 bits per heavy atom. The molecule has 2 N–H and O–H groups in total. The Kier molecular flexibility index (Phi) is 5.22. The average molecular weight is 228 g/mol. The van der Waals surface area contributed by atoms with Crippen LogP contribution in [0.3, 0.4) is 0 Å². The molecule has 1 aliphatic rings. The minimum absolute atomic E-state index is 0.0567. The lowest BCUT2D eigenvalue weighted by Crippen LogP contribution is -2.46. The topological polar surface area (TPSA) is 55.6 Å². The molecule has 1 rings (SSSR count). The van der Waals surface area contributed by atoms with E-state index in [1.807, 2.05) is 14.0 Å². The molecule has 1 saturated heterocycles. The first-order chi connectivity index (χ1) is 7.56. The molecule has 0 bridgehead atoms. The second kappa shape index (κ2) is 6.21. The van der Waals surface area contributed by atoms with Gasteiger partial charge in [0, 0.05) is 26.1 Å². The zero-order valence-corrected chi connectivity index (χ0v) is 10.6. The van der Waals surface area contributed by atoms with E-state index in [-0.39, 0.29) is 17.9 Å². The monoisotopic (exact) mass is 228 g/mol. The van der Waals surface area contributed by atoms with Crippen molar-refractivity contribution in [3.8, 4) is 0 Å². The van der Waals surface area contributed by atoms with Gasteiger partial charge < -0.3 is 15.4 Å². The van der Waals surface area contributed by atoms with Gasteiger partial charge in [-0.1, -0.05) is 20.3 Å². The number of nitrogens with zero attached hydrogens (tertiary/aromatic N) is 1. The quantitative estimate of drug-likeness (QED) is 0.759. The van der Waals surface area contributed by atoms with Crippen LogP contribution in [0.4, 0.5) is 0 Å². The highest BCUT2D eigenvalue weighted by Crippen LogP contribution is 2.15. The summed E-state index contributed by atoms with van der Waals surface area (Å²) in [5.74, 6) is 0.786. The Labute approximate surface area is 98.1 Å². The third-order valence-corrected chi connectivity index (χ3v) is 3.47. The van der Waals surface area contributed by atoms with Gasteiger partial charge in [-0.2, -0.15) is 0 Å². The highest BCUT2D eigenvalue weighted by Gasteiger charge is 2.25. The molecule has 4 nitrogen and oxygen atoms in total. The Morgan fingerprint density at radius 1 is 1.62 bits per heavy atom. The molecule has 0 spiro atoms. The van der Waals surface area contributed by atoms with Gasteiger partial charge in [0.05, 0.1) is 12.6 Å². The number of rotatable bonds is 5. The van der Waals surface area contributed by atoms with E-state index < -0.39 is 0 Å². The fourth-order valence-corrected chi connectivity index (χ4v) is 1.96. The molecule has 0 aromatic rings. The van der Waals surface area contributed by atoms with Crippen molar-refractivity contribution in [1.82, 2.24) is 4.90 Å². The SMILES string of the molecule is CCC(C)C(N)C(=O)N(C)CC1CCOC1. The molecular weight excluding hydrogens is 204 g/mol. The molecule has 1 fully saturated rings. The molecule has 16 heavy (non-hydrogen) atoms. The molecule has 1 heterocycles. The van der Waals surface area contributed by atoms with Gasteiger partial charge in [0.25, 0.3) is 0 Å². The average Bonchev–Trinajstić information content (AvgIpc) is 2.78. The number of ether oxygens (including phenoxy) is 1. The maximum Gasteiger partial charge on any atom is 0.239 e. The number of carbonyl (C=O) groups excluding carboxylic acids is 1. The fraction of sp³-hybridized carbons (Fsp3) is 0.917. The Bertz CT molecular complexity index is 227. The van der Waals surface area contributed by atoms with Crippen LogP contribution in [0.15, 0.2) is 0 Å². The van der Waals surface area contributed by atoms with Crippen molar-refractivity contribution >= 4 is 5.91 Å². The van der Waals surface area contributed by atoms with Gasteiger partial charge in [-0.25, -0.2) is 0 Å². The van der Waals surface area contributed by atoms with Crippen molar-refractivity contribution in [2.24, 2.45) is 17.6 Å². The van der Waals surface area contributed by atoms with Gasteiger partial charge in [0.15, 0.2) is 0 Å². The molecule has 3 atom stereocenters. The van der Waals surface area contributed by atoms with E-state index in [0.717, 1.165) is 32.6 Å². The lowest BCUT2D eigenvalue weighted by Gasteiger charge is -2.26. The van der Waals surface area contributed by atoms with Gasteiger partial charge in [0.2, 0.25) is 5.91 Å². The van der Waals surface area contributed by atoms with Gasteiger partial charge in [-0.3, -0.25) is 4.79 Å². The van der Waals surface area contributed by atoms with Crippen molar-refractivity contribution in [3.63, 3.8) is 0 Å². The second-order valence-electron chi connectivity index (χ2n) is 4.86. The molecule has 0 aromatic carbocycles. The molecule has 94 valence electrons. The predicted octanol–water partition coefficient (Wildman–Crippen LogP) is 0.855. The number of likely N-dealkylation sites (N-methyl/N-ethyl adjacent to an activating group) is 1. The zero-order valence-electron chi connectivity index (χ0n) is 10.6. The first-order valence-corrected chi connectivity index (χ1v) is 6.14. The summed E-state index contributed by atoms with van der Waals surface area (Å²) in [6.45, 7) is 6.45. The fourth-order valence-electron chi connectivity index (χ4n) is 1.96. The van der Waals surface area contributed by atoms with Crippen LogP contribution in [0.25, 0.3) is 0 Å². The number of hydrogen-bond acceptors (Lipinski definition) is 3. The Morgan fingerprint density at radius 2 is 2.31 bits per heavy atom. The van der Waals surface area contributed by atoms with Crippen molar-refractivity contribution in [3.05, 3.63) is 0 Å². The number of nitrogens with two attached hydrogens (primary N) is 1. The molecule has 3 unspecified atom stereocenters. The first-order valence-electron chi connectivity index (χ1n) is 6.14. The summed E-state index contributed by atoms with van der Waals surface area (Å²) < 4.78 is 5.30. The van der Waals surface area contributed by atoms with Crippen LogP contribution in [0.1, 0.15) is 26.7 Å². The van der Waals surface area contributed by atoms with E-state index in [0.29, 0.717) is 5.92 Å². The first kappa shape index (κ1) is 13.5. The van der Waals surface area contributed by atoms with Crippen molar-refractivity contribution < 1.29 is 9.53 Å². The Hall–Kier alpha value is -0.610. The number of hydrogen-bond donors (Lipinski definition) is 1. The summed E-state index contributed by atoms with van der Waals surface area (Å²) in [7, 11) is 1.84. The van der Waals surface area contributed by atoms with Crippen molar-refractivity contribution in [2.75, 3.05) is 26.8 Å². The molecular formula is C12H24N2O2. The van der Waals surface area contributed by atoms with Crippen molar-refractivity contribution in [2.45, 2.75) is 32.7 Å². The predicted molar refractivity (Wildman–Crippen MR) is 64.0 cm³/mol. The van der Waals surface area contributed by atoms with Crippen LogP contribution in [-0.4, -0.2) is 43.7 Å². The van der Waals surface area contributed by atoms with E-state index >= 15 is 0 Å². The minimum Gasteiger partial charge on any atom is -0.381 e. The van der Waals surface area contributed by atoms with Gasteiger partial charge in [-0.05, 0) is 12.3 Å². The van der Waals surface area contributed by atoms with E-state index in [2.05, 4.69) is 6.92 Å². The van der Waals surface area contributed by atoms with E-state index in [1.165, 1.54) is 0 Å². The standard InChI is InChI=1S/C12H24N2O2/c1-4-9(2)11(13)12(15)14(3)7-10-5-6-16-8-10/h9-11H,4-8,13H2,1-3H3. The second-order valence-corrected chi connectivity index (χ2v) is 4.86. The molecule has 4 heteroatoms. The largest absolute Gasteiger partial charge is 0.381 e. The normalized spacial score (nSPS) is 24.1. The lowest BCUT2D eigenvalue weighted by atomic mass is 9.98. The van der Waals surface area contributed by atoms with Crippen molar-refractivity contribution in [1.29, 1.82) is 0 Å². The summed E-state index contributed by atoms with van der Waals surface area (Å²) in [6, 6.07) is -0.364. The Balaban J connectivity index is 2.39. The van der Waals surface area contributed by atoms with Crippen LogP contribution >= 0.6 is 0 Å². The highest BCUT2D eigenvalue weighted by atomic mass is 16.5. The number of amides is 1. The van der Waals surface area contributed by atoms with Crippen LogP contribution in [-0.2, 0) is 9.53 Å². The maximum absolute atomic E-state index is 12.0. The van der Waals surface area contributed by atoms with E-state index in [9.17, 15) is 4.79 Å². The summed E-state index contributed by atoms with van der Waals surface area (Å²) >= 11 is 0. The minimum atomic E-state index is -0.364. The third-order valence-electron chi connectivity index (χ3n) is 3.47. The summed E-state index contributed by atoms with van der Waals surface area (Å²) in [5.41, 5.74) is 5.92.